The zero-order chi connectivity index (χ0) is 21.6. The third kappa shape index (κ3) is 4.69. The molecular formula is C27H25NO3. The van der Waals surface area contributed by atoms with Crippen LogP contribution in [0.15, 0.2) is 89.5 Å². The highest BCUT2D eigenvalue weighted by Gasteiger charge is 2.08. The summed E-state index contributed by atoms with van der Waals surface area (Å²) in [4.78, 5) is 4.47. The van der Waals surface area contributed by atoms with Crippen molar-refractivity contribution in [3.8, 4) is 17.2 Å². The number of aromatic nitrogens is 1. The Bertz CT molecular complexity index is 1290. The Labute approximate surface area is 182 Å². The average molecular weight is 412 g/mol. The molecule has 0 bridgehead atoms. The lowest BCUT2D eigenvalue weighted by molar-refractivity contribution is 0.306. The van der Waals surface area contributed by atoms with E-state index in [1.807, 2.05) is 99.6 Å². The van der Waals surface area contributed by atoms with Crippen LogP contribution >= 0.6 is 0 Å². The van der Waals surface area contributed by atoms with Gasteiger partial charge >= 0.3 is 0 Å². The van der Waals surface area contributed by atoms with Crippen molar-refractivity contribution in [2.75, 3.05) is 0 Å². The monoisotopic (exact) mass is 411 g/mol. The molecule has 156 valence electrons. The average Bonchev–Trinajstić information content (AvgIpc) is 3.19. The fourth-order valence-corrected chi connectivity index (χ4v) is 3.36. The van der Waals surface area contributed by atoms with Crippen LogP contribution in [0.4, 0.5) is 0 Å². The minimum atomic E-state index is 0.519. The fraction of sp³-hybridized carbons (Fsp3) is 0.148. The van der Waals surface area contributed by atoms with E-state index < -0.39 is 0 Å². The summed E-state index contributed by atoms with van der Waals surface area (Å²) < 4.78 is 17.8. The molecule has 0 unspecified atom stereocenters. The Morgan fingerprint density at radius 3 is 2.48 bits per heavy atom. The quantitative estimate of drug-likeness (QED) is 0.297. The molecule has 0 saturated heterocycles. The molecule has 2 heterocycles. The van der Waals surface area contributed by atoms with Crippen molar-refractivity contribution in [3.05, 3.63) is 96.4 Å². The van der Waals surface area contributed by atoms with Gasteiger partial charge in [0.2, 0.25) is 0 Å². The molecule has 0 aliphatic carbocycles. The number of pyridine rings is 1. The molecule has 0 aliphatic heterocycles. The normalized spacial score (nSPS) is 10.5. The lowest BCUT2D eigenvalue weighted by Gasteiger charge is -2.10. The highest BCUT2D eigenvalue weighted by Crippen LogP contribution is 2.32. The standard InChI is InChI=1S/C25H19NO3.C2H6/c1-17-13-19-7-8-21(15-25(19)28-17)29-24-11-12-26-23-14-20(9-10-22(23)24)27-16-18-5-3-2-4-6-18;1-2/h2-15H,16H2,1H3;1-2H3. The summed E-state index contributed by atoms with van der Waals surface area (Å²) in [5, 5.41) is 1.99. The summed E-state index contributed by atoms with van der Waals surface area (Å²) in [6.45, 7) is 6.46. The molecule has 0 atom stereocenters. The van der Waals surface area contributed by atoms with Crippen LogP contribution in [0.25, 0.3) is 21.9 Å². The largest absolute Gasteiger partial charge is 0.489 e. The Morgan fingerprint density at radius 2 is 1.65 bits per heavy atom. The van der Waals surface area contributed by atoms with Gasteiger partial charge in [-0.3, -0.25) is 4.98 Å². The first kappa shape index (κ1) is 20.5. The number of fused-ring (bicyclic) bond motifs is 2. The van der Waals surface area contributed by atoms with Crippen LogP contribution in [-0.2, 0) is 6.61 Å². The van der Waals surface area contributed by atoms with Gasteiger partial charge in [0.15, 0.2) is 0 Å². The first-order chi connectivity index (χ1) is 15.2. The van der Waals surface area contributed by atoms with E-state index in [0.29, 0.717) is 6.61 Å². The van der Waals surface area contributed by atoms with Crippen molar-refractivity contribution >= 4 is 21.9 Å². The molecule has 3 aromatic carbocycles. The molecule has 5 rings (SSSR count). The van der Waals surface area contributed by atoms with Crippen LogP contribution in [0, 0.1) is 6.92 Å². The van der Waals surface area contributed by atoms with Crippen LogP contribution in [0.1, 0.15) is 25.2 Å². The van der Waals surface area contributed by atoms with Crippen molar-refractivity contribution in [1.29, 1.82) is 0 Å². The number of aryl methyl sites for hydroxylation is 1. The van der Waals surface area contributed by atoms with Gasteiger partial charge in [0.05, 0.1) is 5.52 Å². The summed E-state index contributed by atoms with van der Waals surface area (Å²) in [7, 11) is 0. The second-order valence-corrected chi connectivity index (χ2v) is 6.92. The Hall–Kier alpha value is -3.79. The SMILES string of the molecule is CC.Cc1cc2ccc(Oc3ccnc4cc(OCc5ccccc5)ccc34)cc2o1. The number of benzene rings is 3. The minimum absolute atomic E-state index is 0.519. The smallest absolute Gasteiger partial charge is 0.138 e. The van der Waals surface area contributed by atoms with E-state index >= 15 is 0 Å². The third-order valence-electron chi connectivity index (χ3n) is 4.77. The van der Waals surface area contributed by atoms with Crippen LogP contribution in [0.3, 0.4) is 0 Å². The van der Waals surface area contributed by atoms with E-state index in [-0.39, 0.29) is 0 Å². The van der Waals surface area contributed by atoms with Crippen molar-refractivity contribution in [3.63, 3.8) is 0 Å². The van der Waals surface area contributed by atoms with Gasteiger partial charge in [-0.25, -0.2) is 0 Å². The van der Waals surface area contributed by atoms with E-state index in [2.05, 4.69) is 4.98 Å². The highest BCUT2D eigenvalue weighted by atomic mass is 16.5. The van der Waals surface area contributed by atoms with Gasteiger partial charge < -0.3 is 13.9 Å². The molecule has 31 heavy (non-hydrogen) atoms. The minimum Gasteiger partial charge on any atom is -0.489 e. The van der Waals surface area contributed by atoms with Crippen molar-refractivity contribution in [2.45, 2.75) is 27.4 Å². The van der Waals surface area contributed by atoms with E-state index in [1.54, 1.807) is 6.20 Å². The van der Waals surface area contributed by atoms with Gasteiger partial charge in [0.1, 0.15) is 35.2 Å². The van der Waals surface area contributed by atoms with Crippen molar-refractivity contribution < 1.29 is 13.9 Å². The number of rotatable bonds is 5. The molecule has 0 saturated carbocycles. The number of hydrogen-bond acceptors (Lipinski definition) is 4. The molecule has 5 aromatic rings. The molecule has 0 N–H and O–H groups in total. The van der Waals surface area contributed by atoms with E-state index in [9.17, 15) is 0 Å². The zero-order valence-electron chi connectivity index (χ0n) is 18.0. The molecule has 4 heteroatoms. The first-order valence-corrected chi connectivity index (χ1v) is 10.5. The Kier molecular flexibility index (Phi) is 6.18. The lowest BCUT2D eigenvalue weighted by Crippen LogP contribution is -1.95. The van der Waals surface area contributed by atoms with Crippen LogP contribution in [0.5, 0.6) is 17.2 Å². The van der Waals surface area contributed by atoms with Crippen LogP contribution in [0.2, 0.25) is 0 Å². The van der Waals surface area contributed by atoms with Crippen molar-refractivity contribution in [2.24, 2.45) is 0 Å². The molecule has 0 spiro atoms. The first-order valence-electron chi connectivity index (χ1n) is 10.5. The second kappa shape index (κ2) is 9.35. The molecule has 2 aromatic heterocycles. The number of nitrogens with zero attached hydrogens (tertiary/aromatic N) is 1. The topological polar surface area (TPSA) is 44.5 Å². The summed E-state index contributed by atoms with van der Waals surface area (Å²) in [5.74, 6) is 3.13. The Balaban J connectivity index is 0.00000112. The van der Waals surface area contributed by atoms with Gasteiger partial charge in [0.25, 0.3) is 0 Å². The van der Waals surface area contributed by atoms with E-state index in [4.69, 9.17) is 13.9 Å². The Morgan fingerprint density at radius 1 is 0.839 bits per heavy atom. The predicted molar refractivity (Wildman–Crippen MR) is 125 cm³/mol. The van der Waals surface area contributed by atoms with Gasteiger partial charge in [-0.05, 0) is 48.9 Å². The summed E-state index contributed by atoms with van der Waals surface area (Å²) in [6.07, 6.45) is 1.74. The summed E-state index contributed by atoms with van der Waals surface area (Å²) >= 11 is 0. The number of furan rings is 1. The predicted octanol–water partition coefficient (Wildman–Crippen LogP) is 7.69. The number of hydrogen-bond donors (Lipinski definition) is 0. The molecular weight excluding hydrogens is 386 g/mol. The van der Waals surface area contributed by atoms with E-state index in [1.165, 1.54) is 0 Å². The fourth-order valence-electron chi connectivity index (χ4n) is 3.36. The highest BCUT2D eigenvalue weighted by molar-refractivity contribution is 5.86. The lowest BCUT2D eigenvalue weighted by atomic mass is 10.2. The van der Waals surface area contributed by atoms with Crippen LogP contribution in [-0.4, -0.2) is 4.98 Å². The molecule has 0 fully saturated rings. The summed E-state index contributed by atoms with van der Waals surface area (Å²) in [5.41, 5.74) is 2.76. The molecule has 0 radical (unpaired) electrons. The van der Waals surface area contributed by atoms with Gasteiger partial charge in [-0.15, -0.1) is 0 Å². The van der Waals surface area contributed by atoms with Crippen molar-refractivity contribution in [1.82, 2.24) is 4.98 Å². The third-order valence-corrected chi connectivity index (χ3v) is 4.77. The van der Waals surface area contributed by atoms with Crippen LogP contribution < -0.4 is 9.47 Å². The van der Waals surface area contributed by atoms with E-state index in [0.717, 1.165) is 50.4 Å². The van der Waals surface area contributed by atoms with Gasteiger partial charge in [-0.2, -0.15) is 0 Å². The summed E-state index contributed by atoms with van der Waals surface area (Å²) in [6, 6.07) is 25.7. The van der Waals surface area contributed by atoms with Gasteiger partial charge in [0, 0.05) is 29.1 Å². The number of ether oxygens (including phenoxy) is 2. The van der Waals surface area contributed by atoms with Gasteiger partial charge in [-0.1, -0.05) is 44.2 Å². The molecule has 0 aliphatic rings. The maximum absolute atomic E-state index is 6.14. The maximum Gasteiger partial charge on any atom is 0.138 e. The molecule has 0 amide bonds. The zero-order valence-corrected chi connectivity index (χ0v) is 18.0. The second-order valence-electron chi connectivity index (χ2n) is 6.92. The maximum atomic E-state index is 6.14. The molecule has 4 nitrogen and oxygen atoms in total.